The Morgan fingerprint density at radius 3 is 2.45 bits per heavy atom. The highest BCUT2D eigenvalue weighted by atomic mass is 16.4. The number of fused-ring (bicyclic) bond motifs is 1. The summed E-state index contributed by atoms with van der Waals surface area (Å²) in [6.07, 6.45) is 2.60. The van der Waals surface area contributed by atoms with E-state index in [2.05, 4.69) is 17.6 Å². The van der Waals surface area contributed by atoms with E-state index in [9.17, 15) is 9.90 Å². The van der Waals surface area contributed by atoms with Crippen LogP contribution in [0.15, 0.2) is 12.1 Å². The molecule has 0 unspecified atom stereocenters. The van der Waals surface area contributed by atoms with Crippen LogP contribution >= 0.6 is 0 Å². The molecule has 0 amide bonds. The number of benzene rings is 1. The fourth-order valence-corrected chi connectivity index (χ4v) is 3.11. The van der Waals surface area contributed by atoms with E-state index in [4.69, 9.17) is 11.5 Å². The summed E-state index contributed by atoms with van der Waals surface area (Å²) in [6, 6.07) is 3.83. The maximum Gasteiger partial charge on any atom is 0.337 e. The molecule has 0 atom stereocenters. The average Bonchev–Trinajstić information content (AvgIpc) is 2.73. The zero-order valence-corrected chi connectivity index (χ0v) is 13.4. The van der Waals surface area contributed by atoms with Crippen LogP contribution < -0.4 is 11.5 Å². The van der Waals surface area contributed by atoms with Crippen molar-refractivity contribution >= 4 is 16.9 Å². The number of carboxylic acid groups (broad SMARTS) is 1. The first-order valence-electron chi connectivity index (χ1n) is 7.77. The lowest BCUT2D eigenvalue weighted by Gasteiger charge is -2.10. The highest BCUT2D eigenvalue weighted by molar-refractivity contribution is 6.04. The van der Waals surface area contributed by atoms with Gasteiger partial charge in [-0.3, -0.25) is 0 Å². The number of aromatic nitrogens is 1. The molecule has 1 aromatic heterocycles. The van der Waals surface area contributed by atoms with Gasteiger partial charge < -0.3 is 21.1 Å². The topological polar surface area (TPSA) is 94.3 Å². The van der Waals surface area contributed by atoms with Crippen molar-refractivity contribution in [1.29, 1.82) is 0 Å². The van der Waals surface area contributed by atoms with Gasteiger partial charge in [0.05, 0.1) is 11.1 Å². The van der Waals surface area contributed by atoms with Crippen molar-refractivity contribution in [3.8, 4) is 0 Å². The summed E-state index contributed by atoms with van der Waals surface area (Å²) >= 11 is 0. The number of nitrogens with two attached hydrogens (primary N) is 2. The van der Waals surface area contributed by atoms with Crippen LogP contribution in [0.3, 0.4) is 0 Å². The Morgan fingerprint density at radius 2 is 1.86 bits per heavy atom. The third kappa shape index (κ3) is 3.00. The summed E-state index contributed by atoms with van der Waals surface area (Å²) in [5, 5.41) is 10.6. The molecule has 1 aromatic carbocycles. The maximum absolute atomic E-state index is 11.7. The Bertz CT molecular complexity index is 689. The average molecular weight is 303 g/mol. The Kier molecular flexibility index (Phi) is 5.21. The number of carbonyl (C=O) groups is 1. The van der Waals surface area contributed by atoms with E-state index in [0.29, 0.717) is 18.7 Å². The molecule has 5 N–H and O–H groups in total. The number of aryl methyl sites for hydroxylation is 3. The largest absolute Gasteiger partial charge is 0.478 e. The third-order valence-electron chi connectivity index (χ3n) is 4.14. The van der Waals surface area contributed by atoms with Crippen molar-refractivity contribution in [1.82, 2.24) is 4.57 Å². The first kappa shape index (κ1) is 16.5. The second kappa shape index (κ2) is 6.94. The second-order valence-electron chi connectivity index (χ2n) is 5.76. The fraction of sp³-hybridized carbons (Fsp3) is 0.471. The van der Waals surface area contributed by atoms with Crippen molar-refractivity contribution in [2.45, 2.75) is 39.7 Å². The Balaban J connectivity index is 2.73. The van der Waals surface area contributed by atoms with Crippen LogP contribution in [0.1, 0.15) is 40.0 Å². The molecular formula is C17H25N3O2. The van der Waals surface area contributed by atoms with Crippen LogP contribution in [0.2, 0.25) is 0 Å². The molecule has 5 heteroatoms. The zero-order valence-electron chi connectivity index (χ0n) is 13.4. The van der Waals surface area contributed by atoms with Crippen molar-refractivity contribution in [2.75, 3.05) is 13.1 Å². The molecule has 0 saturated heterocycles. The van der Waals surface area contributed by atoms with Gasteiger partial charge in [0.25, 0.3) is 0 Å². The highest BCUT2D eigenvalue weighted by Crippen LogP contribution is 2.31. The zero-order chi connectivity index (χ0) is 16.3. The summed E-state index contributed by atoms with van der Waals surface area (Å²) in [4.78, 5) is 11.7. The molecule has 0 bridgehead atoms. The predicted molar refractivity (Wildman–Crippen MR) is 89.4 cm³/mol. The van der Waals surface area contributed by atoms with Crippen molar-refractivity contribution in [3.63, 3.8) is 0 Å². The summed E-state index contributed by atoms with van der Waals surface area (Å²) in [5.41, 5.74) is 15.8. The van der Waals surface area contributed by atoms with Crippen molar-refractivity contribution in [3.05, 3.63) is 34.5 Å². The minimum atomic E-state index is -0.884. The summed E-state index contributed by atoms with van der Waals surface area (Å²) in [5.74, 6) is -0.884. The van der Waals surface area contributed by atoms with Crippen LogP contribution in [-0.4, -0.2) is 28.7 Å². The van der Waals surface area contributed by atoms with Gasteiger partial charge in [-0.05, 0) is 69.5 Å². The summed E-state index contributed by atoms with van der Waals surface area (Å²) < 4.78 is 2.11. The van der Waals surface area contributed by atoms with E-state index in [0.717, 1.165) is 48.0 Å². The van der Waals surface area contributed by atoms with Gasteiger partial charge in [0.15, 0.2) is 0 Å². The van der Waals surface area contributed by atoms with Crippen molar-refractivity contribution < 1.29 is 9.90 Å². The standard InChI is InChI=1S/C17H25N3O2/c1-11-9-14-13(5-3-6-18)12(2)20(8-4-7-19)16(14)15(10-11)17(21)22/h9-10H,3-8,18-19H2,1-2H3,(H,21,22). The molecule has 120 valence electrons. The second-order valence-corrected chi connectivity index (χ2v) is 5.76. The van der Waals surface area contributed by atoms with Crippen LogP contribution in [0.25, 0.3) is 10.9 Å². The quantitative estimate of drug-likeness (QED) is 0.731. The smallest absolute Gasteiger partial charge is 0.337 e. The lowest BCUT2D eigenvalue weighted by atomic mass is 10.0. The van der Waals surface area contributed by atoms with Crippen LogP contribution in [-0.2, 0) is 13.0 Å². The van der Waals surface area contributed by atoms with Gasteiger partial charge in [0.2, 0.25) is 0 Å². The normalized spacial score (nSPS) is 11.3. The molecular weight excluding hydrogens is 278 g/mol. The molecule has 1 heterocycles. The molecule has 2 rings (SSSR count). The molecule has 2 aromatic rings. The lowest BCUT2D eigenvalue weighted by Crippen LogP contribution is -2.09. The Morgan fingerprint density at radius 1 is 1.18 bits per heavy atom. The molecule has 0 aliphatic heterocycles. The van der Waals surface area contributed by atoms with Gasteiger partial charge in [0, 0.05) is 17.6 Å². The molecule has 0 saturated carbocycles. The first-order valence-corrected chi connectivity index (χ1v) is 7.77. The molecule has 0 aliphatic rings. The van der Waals surface area contributed by atoms with E-state index in [1.165, 1.54) is 5.56 Å². The minimum Gasteiger partial charge on any atom is -0.478 e. The van der Waals surface area contributed by atoms with Crippen molar-refractivity contribution in [2.24, 2.45) is 11.5 Å². The number of aromatic carboxylic acids is 1. The summed E-state index contributed by atoms with van der Waals surface area (Å²) in [7, 11) is 0. The van der Waals surface area contributed by atoms with E-state index in [-0.39, 0.29) is 0 Å². The molecule has 0 spiro atoms. The highest BCUT2D eigenvalue weighted by Gasteiger charge is 2.20. The third-order valence-corrected chi connectivity index (χ3v) is 4.14. The number of rotatable bonds is 7. The molecule has 0 fully saturated rings. The van der Waals surface area contributed by atoms with Gasteiger partial charge >= 0.3 is 5.97 Å². The number of hydrogen-bond donors (Lipinski definition) is 3. The molecule has 0 aliphatic carbocycles. The van der Waals surface area contributed by atoms with Crippen LogP contribution in [0.5, 0.6) is 0 Å². The van der Waals surface area contributed by atoms with Crippen LogP contribution in [0, 0.1) is 13.8 Å². The lowest BCUT2D eigenvalue weighted by molar-refractivity contribution is 0.0698. The van der Waals surface area contributed by atoms with E-state index in [1.54, 1.807) is 6.07 Å². The molecule has 5 nitrogen and oxygen atoms in total. The van der Waals surface area contributed by atoms with Gasteiger partial charge in [-0.15, -0.1) is 0 Å². The number of nitrogens with zero attached hydrogens (tertiary/aromatic N) is 1. The van der Waals surface area contributed by atoms with Gasteiger partial charge in [0.1, 0.15) is 0 Å². The maximum atomic E-state index is 11.7. The predicted octanol–water partition coefficient (Wildman–Crippen LogP) is 2.20. The van der Waals surface area contributed by atoms with Gasteiger partial charge in [-0.25, -0.2) is 4.79 Å². The fourth-order valence-electron chi connectivity index (χ4n) is 3.11. The van der Waals surface area contributed by atoms with Gasteiger partial charge in [-0.1, -0.05) is 0 Å². The Labute approximate surface area is 130 Å². The summed E-state index contributed by atoms with van der Waals surface area (Å²) in [6.45, 7) is 5.96. The Hall–Kier alpha value is -1.85. The first-order chi connectivity index (χ1) is 10.5. The van der Waals surface area contributed by atoms with E-state index >= 15 is 0 Å². The van der Waals surface area contributed by atoms with Gasteiger partial charge in [-0.2, -0.15) is 0 Å². The monoisotopic (exact) mass is 303 g/mol. The number of hydrogen-bond acceptors (Lipinski definition) is 3. The van der Waals surface area contributed by atoms with E-state index in [1.807, 2.05) is 6.92 Å². The molecule has 0 radical (unpaired) electrons. The minimum absolute atomic E-state index is 0.370. The number of carboxylic acids is 1. The van der Waals surface area contributed by atoms with E-state index < -0.39 is 5.97 Å². The molecule has 22 heavy (non-hydrogen) atoms. The SMILES string of the molecule is Cc1cc(C(=O)O)c2c(c1)c(CCCN)c(C)n2CCCN. The van der Waals surface area contributed by atoms with Crippen LogP contribution in [0.4, 0.5) is 0 Å².